The fourth-order valence-corrected chi connectivity index (χ4v) is 2.82. The summed E-state index contributed by atoms with van der Waals surface area (Å²) in [5, 5.41) is 11.1. The first-order chi connectivity index (χ1) is 13.5. The van der Waals surface area contributed by atoms with E-state index in [1.54, 1.807) is 12.4 Å². The fourth-order valence-electron chi connectivity index (χ4n) is 2.82. The maximum Gasteiger partial charge on any atom is 0.277 e. The monoisotopic (exact) mass is 374 g/mol. The maximum atomic E-state index is 12.4. The molecular weight excluding hydrogens is 356 g/mol. The number of carbonyl (C=O) groups is 1. The Labute approximate surface area is 161 Å². The first-order valence-electron chi connectivity index (χ1n) is 8.67. The summed E-state index contributed by atoms with van der Waals surface area (Å²) in [6.45, 7) is 5.80. The van der Waals surface area contributed by atoms with Gasteiger partial charge in [-0.05, 0) is 32.9 Å². The molecule has 0 atom stereocenters. The molecule has 0 bridgehead atoms. The Morgan fingerprint density at radius 1 is 1.00 bits per heavy atom. The normalized spacial score (nSPS) is 10.8. The summed E-state index contributed by atoms with van der Waals surface area (Å²) in [6.07, 6.45) is 4.52. The number of hydrogen-bond acceptors (Lipinski definition) is 6. The largest absolute Gasteiger partial charge is 0.318 e. The van der Waals surface area contributed by atoms with Gasteiger partial charge in [0.05, 0.1) is 35.7 Å². The number of carbonyl (C=O) groups excluding carboxylic acids is 1. The van der Waals surface area contributed by atoms with E-state index < -0.39 is 0 Å². The molecule has 4 rings (SSSR count). The van der Waals surface area contributed by atoms with Crippen LogP contribution >= 0.6 is 0 Å². The molecule has 28 heavy (non-hydrogen) atoms. The molecule has 1 aromatic carbocycles. The Balaban J connectivity index is 1.50. The summed E-state index contributed by atoms with van der Waals surface area (Å²) in [7, 11) is 0. The third-order valence-electron chi connectivity index (χ3n) is 4.32. The van der Waals surface area contributed by atoms with E-state index in [0.717, 1.165) is 22.9 Å². The van der Waals surface area contributed by atoms with Crippen molar-refractivity contribution in [3.05, 3.63) is 71.8 Å². The van der Waals surface area contributed by atoms with Gasteiger partial charge in [0.2, 0.25) is 5.95 Å². The van der Waals surface area contributed by atoms with Crippen LogP contribution in [-0.2, 0) is 0 Å². The molecule has 0 saturated heterocycles. The molecule has 140 valence electrons. The van der Waals surface area contributed by atoms with Gasteiger partial charge in [0.1, 0.15) is 5.82 Å². The zero-order valence-corrected chi connectivity index (χ0v) is 15.7. The van der Waals surface area contributed by atoms with Crippen molar-refractivity contribution in [2.24, 2.45) is 0 Å². The first kappa shape index (κ1) is 17.5. The molecule has 9 nitrogen and oxygen atoms in total. The van der Waals surface area contributed by atoms with Crippen LogP contribution in [-0.4, -0.2) is 40.4 Å². The van der Waals surface area contributed by atoms with Crippen molar-refractivity contribution in [3.63, 3.8) is 0 Å². The van der Waals surface area contributed by atoms with Crippen molar-refractivity contribution in [2.75, 3.05) is 5.32 Å². The highest BCUT2D eigenvalue weighted by molar-refractivity contribution is 6.02. The first-order valence-corrected chi connectivity index (χ1v) is 8.67. The van der Waals surface area contributed by atoms with E-state index in [1.165, 1.54) is 11.0 Å². The van der Waals surface area contributed by atoms with Crippen molar-refractivity contribution >= 4 is 11.6 Å². The lowest BCUT2D eigenvalue weighted by atomic mass is 10.3. The van der Waals surface area contributed by atoms with Crippen LogP contribution in [0.4, 0.5) is 5.69 Å². The third kappa shape index (κ3) is 3.25. The number of amides is 1. The summed E-state index contributed by atoms with van der Waals surface area (Å²) in [4.78, 5) is 26.9. The summed E-state index contributed by atoms with van der Waals surface area (Å²) in [6, 6.07) is 9.37. The van der Waals surface area contributed by atoms with Gasteiger partial charge < -0.3 is 5.32 Å². The summed E-state index contributed by atoms with van der Waals surface area (Å²) < 4.78 is 1.87. The molecule has 0 spiro atoms. The van der Waals surface area contributed by atoms with Gasteiger partial charge in [0.15, 0.2) is 5.69 Å². The molecular formula is C19H18N8O. The Morgan fingerprint density at radius 2 is 1.71 bits per heavy atom. The zero-order chi connectivity index (χ0) is 19.7. The average Bonchev–Trinajstić information content (AvgIpc) is 3.29. The molecule has 1 amide bonds. The lowest BCUT2D eigenvalue weighted by Gasteiger charge is -2.07. The minimum atomic E-state index is -0.385. The molecule has 0 aliphatic carbocycles. The summed E-state index contributed by atoms with van der Waals surface area (Å²) in [5.41, 5.74) is 3.35. The van der Waals surface area contributed by atoms with Crippen molar-refractivity contribution < 1.29 is 4.79 Å². The van der Waals surface area contributed by atoms with Crippen LogP contribution in [0.1, 0.15) is 27.7 Å². The number of hydrogen-bond donors (Lipinski definition) is 1. The number of nitrogens with one attached hydrogen (secondary N) is 1. The van der Waals surface area contributed by atoms with Gasteiger partial charge >= 0.3 is 0 Å². The van der Waals surface area contributed by atoms with Crippen molar-refractivity contribution in [3.8, 4) is 11.6 Å². The van der Waals surface area contributed by atoms with E-state index in [2.05, 4.69) is 30.5 Å². The molecule has 3 aromatic heterocycles. The maximum absolute atomic E-state index is 12.4. The van der Waals surface area contributed by atoms with E-state index in [-0.39, 0.29) is 11.6 Å². The van der Waals surface area contributed by atoms with Crippen molar-refractivity contribution in [1.82, 2.24) is 34.5 Å². The predicted molar refractivity (Wildman–Crippen MR) is 103 cm³/mol. The molecule has 0 aliphatic heterocycles. The van der Waals surface area contributed by atoms with Crippen molar-refractivity contribution in [2.45, 2.75) is 20.8 Å². The second-order valence-electron chi connectivity index (χ2n) is 6.25. The highest BCUT2D eigenvalue weighted by Gasteiger charge is 2.14. The number of nitrogens with zero attached hydrogens (tertiary/aromatic N) is 7. The van der Waals surface area contributed by atoms with E-state index in [0.29, 0.717) is 11.6 Å². The minimum Gasteiger partial charge on any atom is -0.318 e. The Hall–Kier alpha value is -3.88. The van der Waals surface area contributed by atoms with E-state index in [9.17, 15) is 4.79 Å². The lowest BCUT2D eigenvalue weighted by Crippen LogP contribution is -2.14. The number of aryl methyl sites for hydroxylation is 2. The Morgan fingerprint density at radius 3 is 2.36 bits per heavy atom. The number of aromatic nitrogens is 7. The van der Waals surface area contributed by atoms with Gasteiger partial charge in [-0.3, -0.25) is 9.36 Å². The smallest absolute Gasteiger partial charge is 0.277 e. The topological polar surface area (TPSA) is 103 Å². The minimum absolute atomic E-state index is 0.199. The predicted octanol–water partition coefficient (Wildman–Crippen LogP) is 2.42. The molecule has 3 heterocycles. The highest BCUT2D eigenvalue weighted by atomic mass is 16.2. The van der Waals surface area contributed by atoms with Crippen LogP contribution in [0.5, 0.6) is 0 Å². The number of rotatable bonds is 4. The van der Waals surface area contributed by atoms with E-state index >= 15 is 0 Å². The molecule has 1 N–H and O–H groups in total. The molecule has 0 fully saturated rings. The zero-order valence-electron chi connectivity index (χ0n) is 15.7. The Bertz CT molecular complexity index is 1130. The molecule has 9 heteroatoms. The van der Waals surface area contributed by atoms with Gasteiger partial charge in [-0.1, -0.05) is 18.2 Å². The Kier molecular flexibility index (Phi) is 4.40. The van der Waals surface area contributed by atoms with Crippen LogP contribution in [0.3, 0.4) is 0 Å². The van der Waals surface area contributed by atoms with Gasteiger partial charge in [-0.2, -0.15) is 9.90 Å². The second kappa shape index (κ2) is 7.03. The van der Waals surface area contributed by atoms with E-state index in [1.807, 2.05) is 55.7 Å². The molecule has 4 aromatic rings. The third-order valence-corrected chi connectivity index (χ3v) is 4.32. The van der Waals surface area contributed by atoms with Crippen molar-refractivity contribution in [1.29, 1.82) is 0 Å². The number of anilines is 1. The number of para-hydroxylation sites is 1. The van der Waals surface area contributed by atoms with Crippen LogP contribution in [0.25, 0.3) is 11.6 Å². The molecule has 0 saturated carbocycles. The molecule has 0 unspecified atom stereocenters. The number of benzene rings is 1. The highest BCUT2D eigenvalue weighted by Crippen LogP contribution is 2.15. The number of imidazole rings is 1. The van der Waals surface area contributed by atoms with Crippen LogP contribution in [0, 0.1) is 20.8 Å². The average molecular weight is 374 g/mol. The van der Waals surface area contributed by atoms with E-state index in [4.69, 9.17) is 0 Å². The van der Waals surface area contributed by atoms with Crippen LogP contribution in [0.15, 0.2) is 48.9 Å². The van der Waals surface area contributed by atoms with Gasteiger partial charge in [0, 0.05) is 5.69 Å². The van der Waals surface area contributed by atoms with Gasteiger partial charge in [-0.15, -0.1) is 5.10 Å². The summed E-state index contributed by atoms with van der Waals surface area (Å²) in [5.74, 6) is 0.928. The van der Waals surface area contributed by atoms with Gasteiger partial charge in [0.25, 0.3) is 5.91 Å². The quantitative estimate of drug-likeness (QED) is 0.588. The summed E-state index contributed by atoms with van der Waals surface area (Å²) >= 11 is 0. The SMILES string of the molecule is Cc1nc(C)n(-c2ncc(NC(=O)c3cnn(-c4ccccc4)n3)cn2)c1C. The molecule has 0 radical (unpaired) electrons. The van der Waals surface area contributed by atoms with Crippen LogP contribution in [0.2, 0.25) is 0 Å². The van der Waals surface area contributed by atoms with Gasteiger partial charge in [-0.25, -0.2) is 15.0 Å². The second-order valence-corrected chi connectivity index (χ2v) is 6.25. The standard InChI is InChI=1S/C19H18N8O/c1-12-13(2)26(14(3)23-12)19-20-9-15(10-21-19)24-18(28)17-11-22-27(25-17)16-7-5-4-6-8-16/h4-11H,1-3H3,(H,24,28). The molecule has 0 aliphatic rings. The van der Waals surface area contributed by atoms with Crippen LogP contribution < -0.4 is 5.32 Å². The fraction of sp³-hybridized carbons (Fsp3) is 0.158. The lowest BCUT2D eigenvalue weighted by molar-refractivity contribution is 0.102.